The molecule has 0 N–H and O–H groups in total. The molecule has 0 aromatic heterocycles. The summed E-state index contributed by atoms with van der Waals surface area (Å²) in [5, 5.41) is 0. The molecule has 2 nitrogen and oxygen atoms in total. The van der Waals surface area contributed by atoms with Crippen LogP contribution in [-0.4, -0.2) is 17.9 Å². The van der Waals surface area contributed by atoms with Crippen LogP contribution in [0.4, 0.5) is 5.69 Å². The summed E-state index contributed by atoms with van der Waals surface area (Å²) in [5.74, 6) is 0.466. The predicted molar refractivity (Wildman–Crippen MR) is 78.7 cm³/mol. The van der Waals surface area contributed by atoms with E-state index in [0.29, 0.717) is 17.9 Å². The molecule has 19 heavy (non-hydrogen) atoms. The number of nitrogens with zero attached hydrogens (tertiary/aromatic N) is 1. The highest BCUT2D eigenvalue weighted by Crippen LogP contribution is 2.36. The molecule has 2 aliphatic rings. The fourth-order valence-corrected chi connectivity index (χ4v) is 3.83. The van der Waals surface area contributed by atoms with Crippen LogP contribution < -0.4 is 4.90 Å². The number of aryl methyl sites for hydroxylation is 2. The van der Waals surface area contributed by atoms with Crippen molar-refractivity contribution in [2.24, 2.45) is 0 Å². The number of carbonyl (C=O) groups excluding carboxylic acids is 1. The number of piperidine rings is 2. The molecule has 0 spiro atoms. The van der Waals surface area contributed by atoms with Crippen molar-refractivity contribution in [3.63, 3.8) is 0 Å². The van der Waals surface area contributed by atoms with Gasteiger partial charge in [0.1, 0.15) is 5.78 Å². The largest absolute Gasteiger partial charge is 0.365 e. The number of rotatable bonds is 2. The smallest absolute Gasteiger partial charge is 0.137 e. The minimum absolute atomic E-state index is 0.451. The zero-order chi connectivity index (χ0) is 13.4. The molecule has 1 aromatic rings. The van der Waals surface area contributed by atoms with Crippen molar-refractivity contribution in [2.75, 3.05) is 4.90 Å². The molecular formula is C17H23NO. The van der Waals surface area contributed by atoms with Crippen LogP contribution in [-0.2, 0) is 11.2 Å². The van der Waals surface area contributed by atoms with E-state index in [1.807, 2.05) is 0 Å². The lowest BCUT2D eigenvalue weighted by atomic mass is 9.83. The Morgan fingerprint density at radius 2 is 1.89 bits per heavy atom. The third kappa shape index (κ3) is 2.29. The Morgan fingerprint density at radius 3 is 2.47 bits per heavy atom. The zero-order valence-corrected chi connectivity index (χ0v) is 12.0. The molecule has 2 aliphatic heterocycles. The van der Waals surface area contributed by atoms with Gasteiger partial charge < -0.3 is 4.90 Å². The molecule has 2 atom stereocenters. The van der Waals surface area contributed by atoms with Crippen LogP contribution in [0.1, 0.15) is 50.2 Å². The van der Waals surface area contributed by atoms with Gasteiger partial charge in [-0.2, -0.15) is 0 Å². The van der Waals surface area contributed by atoms with E-state index in [9.17, 15) is 4.79 Å². The van der Waals surface area contributed by atoms with Gasteiger partial charge >= 0.3 is 0 Å². The highest BCUT2D eigenvalue weighted by Gasteiger charge is 2.37. The highest BCUT2D eigenvalue weighted by molar-refractivity contribution is 5.82. The highest BCUT2D eigenvalue weighted by atomic mass is 16.1. The molecule has 2 heterocycles. The van der Waals surface area contributed by atoms with E-state index in [2.05, 4.69) is 36.9 Å². The average molecular weight is 257 g/mol. The van der Waals surface area contributed by atoms with Crippen molar-refractivity contribution >= 4 is 11.5 Å². The molecule has 0 aliphatic carbocycles. The summed E-state index contributed by atoms with van der Waals surface area (Å²) in [6.07, 6.45) is 6.24. The molecule has 0 amide bonds. The van der Waals surface area contributed by atoms with Gasteiger partial charge in [0.2, 0.25) is 0 Å². The van der Waals surface area contributed by atoms with E-state index >= 15 is 0 Å². The van der Waals surface area contributed by atoms with Crippen LogP contribution in [0.3, 0.4) is 0 Å². The summed E-state index contributed by atoms with van der Waals surface area (Å²) >= 11 is 0. The second-order valence-electron chi connectivity index (χ2n) is 6.06. The Bertz CT molecular complexity index is 478. The SMILES string of the molecule is CCc1ccc(N2C3CCCC2CC(=O)C3)cc1C. The molecule has 2 fully saturated rings. The summed E-state index contributed by atoms with van der Waals surface area (Å²) in [4.78, 5) is 14.3. The molecule has 2 bridgehead atoms. The number of anilines is 1. The third-order valence-electron chi connectivity index (χ3n) is 4.79. The summed E-state index contributed by atoms with van der Waals surface area (Å²) < 4.78 is 0. The van der Waals surface area contributed by atoms with Gasteiger partial charge in [-0.3, -0.25) is 4.79 Å². The second-order valence-corrected chi connectivity index (χ2v) is 6.06. The number of fused-ring (bicyclic) bond motifs is 2. The Labute approximate surface area is 115 Å². The number of hydrogen-bond acceptors (Lipinski definition) is 2. The first-order valence-corrected chi connectivity index (χ1v) is 7.58. The van der Waals surface area contributed by atoms with E-state index in [1.165, 1.54) is 36.1 Å². The van der Waals surface area contributed by atoms with Crippen molar-refractivity contribution in [1.82, 2.24) is 0 Å². The van der Waals surface area contributed by atoms with Crippen molar-refractivity contribution in [3.05, 3.63) is 29.3 Å². The summed E-state index contributed by atoms with van der Waals surface area (Å²) in [7, 11) is 0. The van der Waals surface area contributed by atoms with Crippen molar-refractivity contribution in [2.45, 2.75) is 64.5 Å². The predicted octanol–water partition coefficient (Wildman–Crippen LogP) is 3.65. The molecule has 2 unspecified atom stereocenters. The summed E-state index contributed by atoms with van der Waals surface area (Å²) in [5.41, 5.74) is 4.15. The maximum atomic E-state index is 11.8. The Balaban J connectivity index is 1.92. The first-order chi connectivity index (χ1) is 9.19. The topological polar surface area (TPSA) is 20.3 Å². The monoisotopic (exact) mass is 257 g/mol. The Hall–Kier alpha value is -1.31. The first-order valence-electron chi connectivity index (χ1n) is 7.58. The van der Waals surface area contributed by atoms with Gasteiger partial charge in [0, 0.05) is 30.6 Å². The molecule has 2 heteroatoms. The van der Waals surface area contributed by atoms with E-state index in [0.717, 1.165) is 19.3 Å². The zero-order valence-electron chi connectivity index (χ0n) is 12.0. The first kappa shape index (κ1) is 12.7. The van der Waals surface area contributed by atoms with Gasteiger partial charge in [0.15, 0.2) is 0 Å². The van der Waals surface area contributed by atoms with Gasteiger partial charge in [-0.1, -0.05) is 13.0 Å². The van der Waals surface area contributed by atoms with Crippen LogP contribution in [0.25, 0.3) is 0 Å². The molecule has 102 valence electrons. The number of ketones is 1. The summed E-state index contributed by atoms with van der Waals surface area (Å²) in [6.45, 7) is 4.41. The quantitative estimate of drug-likeness (QED) is 0.806. The normalized spacial score (nSPS) is 26.6. The lowest BCUT2D eigenvalue weighted by Crippen LogP contribution is -2.52. The van der Waals surface area contributed by atoms with Crippen LogP contribution in [0.2, 0.25) is 0 Å². The fraction of sp³-hybridized carbons (Fsp3) is 0.588. The average Bonchev–Trinajstić information content (AvgIpc) is 2.37. The van der Waals surface area contributed by atoms with Crippen molar-refractivity contribution in [1.29, 1.82) is 0 Å². The summed E-state index contributed by atoms with van der Waals surface area (Å²) in [6, 6.07) is 7.74. The Kier molecular flexibility index (Phi) is 3.34. The van der Waals surface area contributed by atoms with Crippen molar-refractivity contribution < 1.29 is 4.79 Å². The molecule has 2 saturated heterocycles. The van der Waals surface area contributed by atoms with Crippen LogP contribution >= 0.6 is 0 Å². The second kappa shape index (κ2) is 4.99. The maximum absolute atomic E-state index is 11.8. The fourth-order valence-electron chi connectivity index (χ4n) is 3.83. The lowest BCUT2D eigenvalue weighted by Gasteiger charge is -2.47. The van der Waals surface area contributed by atoms with Gasteiger partial charge in [-0.05, 0) is 55.9 Å². The van der Waals surface area contributed by atoms with Crippen molar-refractivity contribution in [3.8, 4) is 0 Å². The minimum atomic E-state index is 0.451. The lowest BCUT2D eigenvalue weighted by molar-refractivity contribution is -0.121. The Morgan fingerprint density at radius 1 is 1.21 bits per heavy atom. The third-order valence-corrected chi connectivity index (χ3v) is 4.79. The van der Waals surface area contributed by atoms with E-state index in [-0.39, 0.29) is 0 Å². The van der Waals surface area contributed by atoms with Gasteiger partial charge in [0.25, 0.3) is 0 Å². The van der Waals surface area contributed by atoms with E-state index < -0.39 is 0 Å². The van der Waals surface area contributed by atoms with E-state index in [1.54, 1.807) is 0 Å². The van der Waals surface area contributed by atoms with Crippen LogP contribution in [0.5, 0.6) is 0 Å². The number of benzene rings is 1. The standard InChI is InChI=1S/C17H23NO/c1-3-13-7-8-16(9-12(13)2)18-14-5-4-6-15(18)11-17(19)10-14/h7-9,14-15H,3-6,10-11H2,1-2H3. The molecular weight excluding hydrogens is 234 g/mol. The maximum Gasteiger partial charge on any atom is 0.137 e. The number of hydrogen-bond donors (Lipinski definition) is 0. The van der Waals surface area contributed by atoms with Crippen LogP contribution in [0.15, 0.2) is 18.2 Å². The van der Waals surface area contributed by atoms with Gasteiger partial charge in [-0.15, -0.1) is 0 Å². The van der Waals surface area contributed by atoms with E-state index in [4.69, 9.17) is 0 Å². The van der Waals surface area contributed by atoms with Gasteiger partial charge in [-0.25, -0.2) is 0 Å². The van der Waals surface area contributed by atoms with Gasteiger partial charge in [0.05, 0.1) is 0 Å². The molecule has 3 rings (SSSR count). The minimum Gasteiger partial charge on any atom is -0.365 e. The number of Topliss-reactive ketones (excluding diaryl/α,β-unsaturated/α-hetero) is 1. The molecule has 1 aromatic carbocycles. The molecule has 0 saturated carbocycles. The number of carbonyl (C=O) groups is 1. The molecule has 0 radical (unpaired) electrons. The van der Waals surface area contributed by atoms with Crippen LogP contribution in [0, 0.1) is 6.92 Å².